The van der Waals surface area contributed by atoms with Crippen LogP contribution in [-0.4, -0.2) is 25.7 Å². The molecule has 2 aromatic carbocycles. The van der Waals surface area contributed by atoms with Crippen LogP contribution in [0.15, 0.2) is 54.6 Å². The highest BCUT2D eigenvalue weighted by Crippen LogP contribution is 2.50. The number of anilines is 1. The first kappa shape index (κ1) is 18.1. The van der Waals surface area contributed by atoms with Crippen LogP contribution in [0.25, 0.3) is 0 Å². The Hall–Kier alpha value is -3.28. The highest BCUT2D eigenvalue weighted by Gasteiger charge is 2.37. The zero-order valence-corrected chi connectivity index (χ0v) is 15.4. The van der Waals surface area contributed by atoms with Gasteiger partial charge in [0.1, 0.15) is 5.75 Å². The van der Waals surface area contributed by atoms with Crippen molar-refractivity contribution in [2.24, 2.45) is 5.92 Å². The molecule has 0 amide bonds. The van der Waals surface area contributed by atoms with E-state index in [1.54, 1.807) is 12.1 Å². The molecule has 6 nitrogen and oxygen atoms in total. The van der Waals surface area contributed by atoms with Crippen molar-refractivity contribution < 1.29 is 24.2 Å². The van der Waals surface area contributed by atoms with Gasteiger partial charge in [-0.2, -0.15) is 0 Å². The van der Waals surface area contributed by atoms with Gasteiger partial charge in [-0.25, -0.2) is 4.79 Å². The molecule has 1 heterocycles. The summed E-state index contributed by atoms with van der Waals surface area (Å²) in [4.78, 5) is 22.4. The van der Waals surface area contributed by atoms with Crippen LogP contribution in [0.5, 0.6) is 5.75 Å². The van der Waals surface area contributed by atoms with Gasteiger partial charge in [0.2, 0.25) is 0 Å². The zero-order valence-electron chi connectivity index (χ0n) is 15.4. The van der Waals surface area contributed by atoms with E-state index >= 15 is 0 Å². The van der Waals surface area contributed by atoms with E-state index in [4.69, 9.17) is 4.74 Å². The minimum atomic E-state index is -1.16. The van der Waals surface area contributed by atoms with Crippen LogP contribution in [-0.2, 0) is 9.53 Å². The van der Waals surface area contributed by atoms with Gasteiger partial charge in [-0.1, -0.05) is 30.4 Å². The lowest BCUT2D eigenvalue weighted by atomic mass is 9.76. The summed E-state index contributed by atoms with van der Waals surface area (Å²) >= 11 is 0. The number of hydrogen-bond acceptors (Lipinski definition) is 6. The van der Waals surface area contributed by atoms with Gasteiger partial charge in [0.25, 0.3) is 0 Å². The van der Waals surface area contributed by atoms with E-state index in [-0.39, 0.29) is 24.1 Å². The largest absolute Gasteiger partial charge is 0.545 e. The lowest BCUT2D eigenvalue weighted by molar-refractivity contribution is -0.255. The number of rotatable bonds is 5. The molecule has 0 fully saturated rings. The van der Waals surface area contributed by atoms with Crippen molar-refractivity contribution in [3.63, 3.8) is 0 Å². The molecule has 1 aliphatic heterocycles. The quantitative estimate of drug-likeness (QED) is 0.635. The lowest BCUT2D eigenvalue weighted by Gasteiger charge is -2.38. The van der Waals surface area contributed by atoms with Gasteiger partial charge in [0.05, 0.1) is 19.1 Å². The van der Waals surface area contributed by atoms with Gasteiger partial charge in [-0.15, -0.1) is 0 Å². The molecule has 0 saturated carbocycles. The molecule has 28 heavy (non-hydrogen) atoms. The summed E-state index contributed by atoms with van der Waals surface area (Å²) in [6.45, 7) is -0.125. The van der Waals surface area contributed by atoms with E-state index < -0.39 is 11.9 Å². The Bertz CT molecular complexity index is 934. The van der Waals surface area contributed by atoms with Gasteiger partial charge in [-0.05, 0) is 53.3 Å². The number of carboxylic acid groups (broad SMARTS) is 1. The van der Waals surface area contributed by atoms with Crippen LogP contribution in [0.3, 0.4) is 0 Å². The van der Waals surface area contributed by atoms with Crippen molar-refractivity contribution >= 4 is 17.6 Å². The molecule has 1 aliphatic carbocycles. The Balaban J connectivity index is 1.58. The third-order valence-electron chi connectivity index (χ3n) is 5.42. The Morgan fingerprint density at radius 1 is 1.18 bits per heavy atom. The topological polar surface area (TPSA) is 87.7 Å². The Labute approximate surface area is 162 Å². The van der Waals surface area contributed by atoms with Gasteiger partial charge < -0.3 is 24.7 Å². The smallest absolute Gasteiger partial charge is 0.343 e. The van der Waals surface area contributed by atoms with Crippen LogP contribution >= 0.6 is 0 Å². The van der Waals surface area contributed by atoms with Crippen molar-refractivity contribution in [2.45, 2.75) is 18.4 Å². The van der Waals surface area contributed by atoms with Crippen LogP contribution < -0.4 is 15.2 Å². The molecule has 144 valence electrons. The van der Waals surface area contributed by atoms with Crippen LogP contribution in [0, 0.1) is 5.92 Å². The highest BCUT2D eigenvalue weighted by atomic mass is 16.6. The molecular weight excluding hydrogens is 358 g/mol. The second-order valence-corrected chi connectivity index (χ2v) is 7.00. The third kappa shape index (κ3) is 3.33. The lowest BCUT2D eigenvalue weighted by Crippen LogP contribution is -2.30. The van der Waals surface area contributed by atoms with Crippen LogP contribution in [0.2, 0.25) is 0 Å². The highest BCUT2D eigenvalue weighted by molar-refractivity contribution is 5.87. The maximum atomic E-state index is 11.2. The molecule has 0 spiro atoms. The maximum absolute atomic E-state index is 11.2. The molecule has 4 rings (SSSR count). The summed E-state index contributed by atoms with van der Waals surface area (Å²) in [6, 6.07) is 12.8. The predicted molar refractivity (Wildman–Crippen MR) is 101 cm³/mol. The minimum Gasteiger partial charge on any atom is -0.545 e. The summed E-state index contributed by atoms with van der Waals surface area (Å²) < 4.78 is 9.98. The molecule has 2 aliphatic rings. The molecule has 3 atom stereocenters. The van der Waals surface area contributed by atoms with Gasteiger partial charge in [0, 0.05) is 11.6 Å². The molecule has 0 radical (unpaired) electrons. The molecule has 6 heteroatoms. The number of methoxy groups -OCH3 is 1. The fraction of sp³-hybridized carbons (Fsp3) is 0.273. The van der Waals surface area contributed by atoms with E-state index in [2.05, 4.69) is 22.2 Å². The third-order valence-corrected chi connectivity index (χ3v) is 5.42. The SMILES string of the molecule is COC(=O)COc1ccc([C@@H]2Nc3ccc(C(=O)[O-])cc3[C@H]3C=CC[C@H]32)cc1. The maximum Gasteiger partial charge on any atom is 0.343 e. The summed E-state index contributed by atoms with van der Waals surface area (Å²) in [6.07, 6.45) is 5.22. The molecule has 2 aromatic rings. The number of ether oxygens (including phenoxy) is 2. The summed E-state index contributed by atoms with van der Waals surface area (Å²) in [7, 11) is 1.32. The molecule has 0 aromatic heterocycles. The number of fused-ring (bicyclic) bond motifs is 3. The first-order chi connectivity index (χ1) is 13.6. The molecular formula is C22H20NO5-. The monoisotopic (exact) mass is 378 g/mol. The molecule has 0 bridgehead atoms. The number of carbonyl (C=O) groups is 2. The zero-order chi connectivity index (χ0) is 19.7. The normalized spacial score (nSPS) is 22.0. The first-order valence-electron chi connectivity index (χ1n) is 9.15. The van der Waals surface area contributed by atoms with E-state index in [9.17, 15) is 14.7 Å². The summed E-state index contributed by atoms with van der Waals surface area (Å²) in [5.41, 5.74) is 3.24. The summed E-state index contributed by atoms with van der Waals surface area (Å²) in [5, 5.41) is 14.8. The predicted octanol–water partition coefficient (Wildman–Crippen LogP) is 2.43. The number of aromatic carboxylic acids is 1. The van der Waals surface area contributed by atoms with Gasteiger partial charge in [-0.3, -0.25) is 0 Å². The van der Waals surface area contributed by atoms with Crippen molar-refractivity contribution in [2.75, 3.05) is 19.0 Å². The van der Waals surface area contributed by atoms with Crippen molar-refractivity contribution in [3.8, 4) is 5.75 Å². The molecule has 1 N–H and O–H groups in total. The number of benzene rings is 2. The Kier molecular flexibility index (Phi) is 4.77. The van der Waals surface area contributed by atoms with Gasteiger partial charge in [0.15, 0.2) is 6.61 Å². The summed E-state index contributed by atoms with van der Waals surface area (Å²) in [5.74, 6) is -0.524. The number of carbonyl (C=O) groups excluding carboxylic acids is 2. The number of allylic oxidation sites excluding steroid dienone is 2. The fourth-order valence-electron chi connectivity index (χ4n) is 4.02. The van der Waals surface area contributed by atoms with Crippen LogP contribution in [0.4, 0.5) is 5.69 Å². The second-order valence-electron chi connectivity index (χ2n) is 7.00. The number of nitrogens with one attached hydrogen (secondary N) is 1. The standard InChI is InChI=1S/C22H21NO5/c1-27-20(24)12-28-15-8-5-13(6-9-15)21-17-4-2-3-16(17)18-11-14(22(25)26)7-10-19(18)23-21/h2-3,5-11,16-17,21,23H,4,12H2,1H3,(H,25,26)/p-1/t16-,17+,21-/m0/s1. The average molecular weight is 378 g/mol. The molecule has 0 unspecified atom stereocenters. The first-order valence-corrected chi connectivity index (χ1v) is 9.15. The van der Waals surface area contributed by atoms with E-state index in [0.29, 0.717) is 11.7 Å². The number of carboxylic acids is 1. The Morgan fingerprint density at radius 3 is 2.68 bits per heavy atom. The van der Waals surface area contributed by atoms with E-state index in [1.807, 2.05) is 30.3 Å². The van der Waals surface area contributed by atoms with Gasteiger partial charge >= 0.3 is 5.97 Å². The Morgan fingerprint density at radius 2 is 1.96 bits per heavy atom. The minimum absolute atomic E-state index is 0.0935. The van der Waals surface area contributed by atoms with E-state index in [0.717, 1.165) is 23.2 Å². The fourth-order valence-corrected chi connectivity index (χ4v) is 4.02. The number of hydrogen-bond donors (Lipinski definition) is 1. The van der Waals surface area contributed by atoms with Crippen molar-refractivity contribution in [1.82, 2.24) is 0 Å². The number of esters is 1. The molecule has 0 saturated heterocycles. The van der Waals surface area contributed by atoms with Crippen LogP contribution in [0.1, 0.15) is 39.9 Å². The van der Waals surface area contributed by atoms with Crippen molar-refractivity contribution in [1.29, 1.82) is 0 Å². The van der Waals surface area contributed by atoms with E-state index in [1.165, 1.54) is 7.11 Å². The average Bonchev–Trinajstić information content (AvgIpc) is 3.21. The second kappa shape index (κ2) is 7.38. The van der Waals surface area contributed by atoms with Crippen molar-refractivity contribution in [3.05, 3.63) is 71.3 Å².